The van der Waals surface area contributed by atoms with Crippen molar-refractivity contribution in [3.05, 3.63) is 59.1 Å². The number of hydrogen-bond donors (Lipinski definition) is 0. The third-order valence-electron chi connectivity index (χ3n) is 10.7. The van der Waals surface area contributed by atoms with Gasteiger partial charge in [0.2, 0.25) is 0 Å². The lowest BCUT2D eigenvalue weighted by molar-refractivity contribution is -0.870. The molecule has 1 aromatic rings. The standard InChI is InChI=1S/C48H82NO10P/c1-8-10-11-12-20-26-32-45-46(59-45)33-27-22-17-15-19-24-29-35-48(51)57-42(39-56-60(52,53)55-37-36-49(5,6)7)38-54-47(50)34-28-23-18-14-13-16-21-25-31-44-41(4)40(3)43(58-44)30-9-2/h15,19-20,22,26-27,42,45-46H,8-14,16-18,21,23-25,28-39H2,1-7H3/b19-15-,26-20-,27-22-/t42-,45?,46?/m1/s1. The largest absolute Gasteiger partial charge is 0.756 e. The Morgan fingerprint density at radius 2 is 1.28 bits per heavy atom. The van der Waals surface area contributed by atoms with Gasteiger partial charge in [0.05, 0.1) is 40.0 Å². The number of epoxide rings is 1. The molecule has 60 heavy (non-hydrogen) atoms. The van der Waals surface area contributed by atoms with Crippen molar-refractivity contribution in [2.75, 3.05) is 47.5 Å². The van der Waals surface area contributed by atoms with Crippen molar-refractivity contribution in [3.63, 3.8) is 0 Å². The van der Waals surface area contributed by atoms with Gasteiger partial charge in [0.1, 0.15) is 31.3 Å². The number of likely N-dealkylation sites (N-methyl/N-ethyl adjacent to an activating group) is 1. The predicted octanol–water partition coefficient (Wildman–Crippen LogP) is 10.9. The lowest BCUT2D eigenvalue weighted by atomic mass is 10.0. The monoisotopic (exact) mass is 864 g/mol. The molecule has 1 aliphatic rings. The van der Waals surface area contributed by atoms with E-state index in [1.807, 2.05) is 27.2 Å². The molecule has 2 heterocycles. The maximum atomic E-state index is 12.7. The van der Waals surface area contributed by atoms with E-state index in [4.69, 9.17) is 27.7 Å². The Morgan fingerprint density at radius 3 is 1.95 bits per heavy atom. The molecule has 2 rings (SSSR count). The summed E-state index contributed by atoms with van der Waals surface area (Å²) < 4.78 is 45.8. The molecule has 0 aromatic carbocycles. The molecular weight excluding hydrogens is 781 g/mol. The van der Waals surface area contributed by atoms with Crippen LogP contribution in [0, 0.1) is 13.8 Å². The van der Waals surface area contributed by atoms with E-state index < -0.39 is 32.5 Å². The zero-order valence-corrected chi connectivity index (χ0v) is 39.5. The molecule has 0 amide bonds. The number of esters is 2. The van der Waals surface area contributed by atoms with E-state index in [0.717, 1.165) is 82.1 Å². The highest BCUT2D eigenvalue weighted by molar-refractivity contribution is 7.45. The van der Waals surface area contributed by atoms with Crippen LogP contribution in [0.25, 0.3) is 0 Å². The van der Waals surface area contributed by atoms with Gasteiger partial charge in [-0.3, -0.25) is 14.2 Å². The number of quaternary nitrogens is 1. The highest BCUT2D eigenvalue weighted by Gasteiger charge is 2.36. The Morgan fingerprint density at radius 1 is 0.700 bits per heavy atom. The summed E-state index contributed by atoms with van der Waals surface area (Å²) in [7, 11) is 1.10. The van der Waals surface area contributed by atoms with Crippen LogP contribution < -0.4 is 4.89 Å². The van der Waals surface area contributed by atoms with Crippen LogP contribution in [0.5, 0.6) is 0 Å². The molecule has 1 fully saturated rings. The first kappa shape index (κ1) is 53.6. The van der Waals surface area contributed by atoms with Gasteiger partial charge in [0.25, 0.3) is 7.82 Å². The number of rotatable bonds is 37. The third-order valence-corrected chi connectivity index (χ3v) is 11.7. The Bertz CT molecular complexity index is 1460. The number of phosphoric ester groups is 1. The van der Waals surface area contributed by atoms with Crippen molar-refractivity contribution >= 4 is 19.8 Å². The zero-order valence-electron chi connectivity index (χ0n) is 38.6. The van der Waals surface area contributed by atoms with Gasteiger partial charge >= 0.3 is 11.9 Å². The van der Waals surface area contributed by atoms with Crippen LogP contribution in [-0.4, -0.2) is 82.2 Å². The molecular formula is C48H82NO10P. The second kappa shape index (κ2) is 31.3. The van der Waals surface area contributed by atoms with Gasteiger partial charge in [0, 0.05) is 25.7 Å². The van der Waals surface area contributed by atoms with Crippen molar-refractivity contribution in [3.8, 4) is 0 Å². The van der Waals surface area contributed by atoms with Gasteiger partial charge in [-0.05, 0) is 89.2 Å². The average molecular weight is 864 g/mol. The average Bonchev–Trinajstić information content (AvgIpc) is 3.89. The number of unbranched alkanes of at least 4 members (excludes halogenated alkanes) is 11. The van der Waals surface area contributed by atoms with E-state index in [-0.39, 0.29) is 26.1 Å². The molecule has 0 saturated carbocycles. The normalized spacial score (nSPS) is 17.2. The molecule has 11 nitrogen and oxygen atoms in total. The molecule has 4 atom stereocenters. The molecule has 344 valence electrons. The highest BCUT2D eigenvalue weighted by atomic mass is 31.2. The van der Waals surface area contributed by atoms with E-state index in [0.29, 0.717) is 42.5 Å². The zero-order chi connectivity index (χ0) is 44.1. The summed E-state index contributed by atoms with van der Waals surface area (Å²) in [6.45, 7) is 8.34. The summed E-state index contributed by atoms with van der Waals surface area (Å²) >= 11 is 0. The van der Waals surface area contributed by atoms with Crippen LogP contribution in [0.2, 0.25) is 0 Å². The fraction of sp³-hybridized carbons (Fsp3) is 0.750. The molecule has 0 aliphatic carbocycles. The number of hydrogen-bond acceptors (Lipinski definition) is 10. The van der Waals surface area contributed by atoms with Crippen molar-refractivity contribution in [2.24, 2.45) is 0 Å². The van der Waals surface area contributed by atoms with Crippen LogP contribution in [0.15, 0.2) is 40.9 Å². The van der Waals surface area contributed by atoms with Gasteiger partial charge in [-0.15, -0.1) is 0 Å². The van der Waals surface area contributed by atoms with Gasteiger partial charge in [-0.2, -0.15) is 0 Å². The van der Waals surface area contributed by atoms with Crippen molar-refractivity contribution < 1.29 is 51.2 Å². The fourth-order valence-electron chi connectivity index (χ4n) is 6.73. The van der Waals surface area contributed by atoms with E-state index in [9.17, 15) is 19.0 Å². The van der Waals surface area contributed by atoms with Crippen LogP contribution in [-0.2, 0) is 50.3 Å². The minimum Gasteiger partial charge on any atom is -0.756 e. The highest BCUT2D eigenvalue weighted by Crippen LogP contribution is 2.38. The molecule has 1 saturated heterocycles. The van der Waals surface area contributed by atoms with Gasteiger partial charge < -0.3 is 37.1 Å². The quantitative estimate of drug-likeness (QED) is 0.0159. The molecule has 0 spiro atoms. The number of ether oxygens (including phenoxy) is 3. The SMILES string of the molecule is CCCCC/C=C\CC1OC1C/C=C\C/C=C\CCCC(=O)O[C@H](COC(=O)CCCCCCCCCCc1oc(CCC)c(C)c1C)COP(=O)([O-])OCC[N+](C)(C)C. The predicted molar refractivity (Wildman–Crippen MR) is 239 cm³/mol. The van der Waals surface area contributed by atoms with Crippen LogP contribution in [0.3, 0.4) is 0 Å². The smallest absolute Gasteiger partial charge is 0.306 e. The number of nitrogens with zero attached hydrogens (tertiary/aromatic N) is 1. The summed E-state index contributed by atoms with van der Waals surface area (Å²) in [5.41, 5.74) is 2.62. The van der Waals surface area contributed by atoms with E-state index >= 15 is 0 Å². The van der Waals surface area contributed by atoms with Crippen LogP contribution in [0.4, 0.5) is 0 Å². The number of phosphoric acid groups is 1. The van der Waals surface area contributed by atoms with Crippen molar-refractivity contribution in [2.45, 2.75) is 187 Å². The fourth-order valence-corrected chi connectivity index (χ4v) is 7.46. The number of carbonyl (C=O) groups excluding carboxylic acids is 2. The Hall–Kier alpha value is -2.53. The number of furan rings is 1. The molecule has 12 heteroatoms. The van der Waals surface area contributed by atoms with E-state index in [1.54, 1.807) is 0 Å². The Labute approximate surface area is 363 Å². The molecule has 3 unspecified atom stereocenters. The Kier molecular flexibility index (Phi) is 28.0. The summed E-state index contributed by atoms with van der Waals surface area (Å²) in [4.78, 5) is 37.7. The van der Waals surface area contributed by atoms with Crippen LogP contribution in [0.1, 0.15) is 165 Å². The first-order valence-corrected chi connectivity index (χ1v) is 24.6. The van der Waals surface area contributed by atoms with Gasteiger partial charge in [-0.25, -0.2) is 0 Å². The van der Waals surface area contributed by atoms with Crippen LogP contribution >= 0.6 is 7.82 Å². The summed E-state index contributed by atoms with van der Waals surface area (Å²) in [6, 6.07) is 0. The summed E-state index contributed by atoms with van der Waals surface area (Å²) in [5, 5.41) is 0. The third kappa shape index (κ3) is 26.7. The number of allylic oxidation sites excluding steroid dienone is 4. The number of aryl methyl sites for hydroxylation is 2. The maximum absolute atomic E-state index is 12.7. The molecule has 0 bridgehead atoms. The summed E-state index contributed by atoms with van der Waals surface area (Å²) in [5.74, 6) is 1.36. The van der Waals surface area contributed by atoms with E-state index in [2.05, 4.69) is 58.1 Å². The minimum atomic E-state index is -4.66. The number of carbonyl (C=O) groups is 2. The topological polar surface area (TPSA) is 137 Å². The summed E-state index contributed by atoms with van der Waals surface area (Å²) in [6.07, 6.45) is 33.4. The molecule has 1 aliphatic heterocycles. The molecule has 0 radical (unpaired) electrons. The van der Waals surface area contributed by atoms with Crippen molar-refractivity contribution in [1.82, 2.24) is 0 Å². The van der Waals surface area contributed by atoms with Gasteiger partial charge in [0.15, 0.2) is 6.10 Å². The molecule has 1 aromatic heterocycles. The second-order valence-electron chi connectivity index (χ2n) is 17.4. The van der Waals surface area contributed by atoms with E-state index in [1.165, 1.54) is 49.7 Å². The lowest BCUT2D eigenvalue weighted by Crippen LogP contribution is -2.37. The first-order chi connectivity index (χ1) is 28.7. The van der Waals surface area contributed by atoms with Crippen molar-refractivity contribution in [1.29, 1.82) is 0 Å². The maximum Gasteiger partial charge on any atom is 0.306 e. The molecule has 0 N–H and O–H groups in total. The second-order valence-corrected chi connectivity index (χ2v) is 18.8. The minimum absolute atomic E-state index is 0.0509. The lowest BCUT2D eigenvalue weighted by Gasteiger charge is -2.28. The first-order valence-electron chi connectivity index (χ1n) is 23.2. The van der Waals surface area contributed by atoms with Gasteiger partial charge in [-0.1, -0.05) is 102 Å². The Balaban J connectivity index is 1.64.